The zero-order valence-corrected chi connectivity index (χ0v) is 9.72. The van der Waals surface area contributed by atoms with E-state index in [1.807, 2.05) is 0 Å². The molecule has 3 rings (SSSR count). The van der Waals surface area contributed by atoms with Crippen molar-refractivity contribution in [3.8, 4) is 11.4 Å². The molecule has 0 aromatic carbocycles. The van der Waals surface area contributed by atoms with Crippen molar-refractivity contribution in [3.05, 3.63) is 46.6 Å². The number of aromatic nitrogens is 5. The molecule has 0 bridgehead atoms. The van der Waals surface area contributed by atoms with E-state index in [1.165, 1.54) is 6.20 Å². The highest BCUT2D eigenvalue weighted by atomic mass is 19.4. The first-order valence-electron chi connectivity index (χ1n) is 5.42. The van der Waals surface area contributed by atoms with E-state index in [2.05, 4.69) is 20.1 Å². The summed E-state index contributed by atoms with van der Waals surface area (Å²) in [6.07, 6.45) is -1.69. The van der Waals surface area contributed by atoms with Gasteiger partial charge in [0.15, 0.2) is 11.5 Å². The molecule has 3 aromatic heterocycles. The van der Waals surface area contributed by atoms with Crippen LogP contribution < -0.4 is 5.56 Å². The minimum Gasteiger partial charge on any atom is -0.271 e. The van der Waals surface area contributed by atoms with Crippen LogP contribution in [0.4, 0.5) is 13.2 Å². The van der Waals surface area contributed by atoms with Crippen LogP contribution in [0.2, 0.25) is 0 Å². The Hall–Kier alpha value is -2.71. The Kier molecular flexibility index (Phi) is 2.56. The molecule has 1 N–H and O–H groups in total. The average Bonchev–Trinajstić information content (AvgIpc) is 2.83. The van der Waals surface area contributed by atoms with Crippen molar-refractivity contribution in [2.24, 2.45) is 0 Å². The van der Waals surface area contributed by atoms with Gasteiger partial charge in [-0.25, -0.2) is 4.98 Å². The van der Waals surface area contributed by atoms with E-state index < -0.39 is 17.4 Å². The first kappa shape index (κ1) is 12.3. The third kappa shape index (κ3) is 2.02. The van der Waals surface area contributed by atoms with Crippen molar-refractivity contribution < 1.29 is 13.2 Å². The van der Waals surface area contributed by atoms with Gasteiger partial charge in [0, 0.05) is 24.0 Å². The third-order valence-electron chi connectivity index (χ3n) is 2.56. The molecule has 0 amide bonds. The van der Waals surface area contributed by atoms with E-state index in [-0.39, 0.29) is 11.6 Å². The van der Waals surface area contributed by atoms with Crippen LogP contribution in [-0.2, 0) is 6.18 Å². The summed E-state index contributed by atoms with van der Waals surface area (Å²) < 4.78 is 38.5. The molecule has 0 saturated carbocycles. The fraction of sp³-hybridized carbons (Fsp3) is 0.0909. The number of hydrogen-bond donors (Lipinski definition) is 1. The number of halogens is 3. The maximum absolute atomic E-state index is 12.6. The van der Waals surface area contributed by atoms with E-state index in [1.54, 1.807) is 18.3 Å². The first-order valence-corrected chi connectivity index (χ1v) is 5.42. The van der Waals surface area contributed by atoms with Gasteiger partial charge in [-0.05, 0) is 12.1 Å². The molecular formula is C11H6F3N5O. The van der Waals surface area contributed by atoms with Crippen molar-refractivity contribution in [1.29, 1.82) is 0 Å². The van der Waals surface area contributed by atoms with Crippen molar-refractivity contribution in [2.45, 2.75) is 6.18 Å². The lowest BCUT2D eigenvalue weighted by Gasteiger charge is -2.03. The van der Waals surface area contributed by atoms with Gasteiger partial charge < -0.3 is 0 Å². The lowest BCUT2D eigenvalue weighted by molar-refractivity contribution is -0.141. The molecule has 0 unspecified atom stereocenters. The van der Waals surface area contributed by atoms with E-state index >= 15 is 0 Å². The van der Waals surface area contributed by atoms with Crippen LogP contribution in [0.3, 0.4) is 0 Å². The minimum atomic E-state index is -4.69. The molecule has 102 valence electrons. The summed E-state index contributed by atoms with van der Waals surface area (Å²) in [5, 5.41) is 2.58. The predicted molar refractivity (Wildman–Crippen MR) is 61.8 cm³/mol. The van der Waals surface area contributed by atoms with Crippen LogP contribution in [0.25, 0.3) is 17.2 Å². The largest absolute Gasteiger partial charge is 0.433 e. The highest BCUT2D eigenvalue weighted by molar-refractivity contribution is 5.55. The van der Waals surface area contributed by atoms with Crippen LogP contribution >= 0.6 is 0 Å². The van der Waals surface area contributed by atoms with Crippen molar-refractivity contribution in [1.82, 2.24) is 24.6 Å². The molecule has 9 heteroatoms. The summed E-state index contributed by atoms with van der Waals surface area (Å²) in [4.78, 5) is 22.7. The molecular weight excluding hydrogens is 275 g/mol. The van der Waals surface area contributed by atoms with Crippen LogP contribution in [0, 0.1) is 0 Å². The zero-order chi connectivity index (χ0) is 14.3. The van der Waals surface area contributed by atoms with Gasteiger partial charge in [-0.3, -0.25) is 14.9 Å². The SMILES string of the molecule is O=c1cc(C(F)(F)F)nc2nc(-c3cccnc3)[nH]n12. The highest BCUT2D eigenvalue weighted by Crippen LogP contribution is 2.26. The number of rotatable bonds is 1. The van der Waals surface area contributed by atoms with Gasteiger partial charge in [-0.2, -0.15) is 22.7 Å². The zero-order valence-electron chi connectivity index (χ0n) is 9.72. The second-order valence-electron chi connectivity index (χ2n) is 3.93. The van der Waals surface area contributed by atoms with Crippen molar-refractivity contribution >= 4 is 5.78 Å². The number of hydrogen-bond acceptors (Lipinski definition) is 4. The van der Waals surface area contributed by atoms with Gasteiger partial charge in [0.1, 0.15) is 0 Å². The second-order valence-corrected chi connectivity index (χ2v) is 3.93. The molecule has 0 fully saturated rings. The number of nitrogens with one attached hydrogen (secondary N) is 1. The Labute approximate surface area is 108 Å². The Balaban J connectivity index is 2.22. The minimum absolute atomic E-state index is 0.210. The molecule has 0 saturated heterocycles. The van der Waals surface area contributed by atoms with Crippen LogP contribution in [-0.4, -0.2) is 24.6 Å². The molecule has 0 spiro atoms. The summed E-state index contributed by atoms with van der Waals surface area (Å²) in [5.74, 6) is -0.134. The van der Waals surface area contributed by atoms with E-state index in [0.717, 1.165) is 4.52 Å². The Bertz CT molecular complexity index is 821. The van der Waals surface area contributed by atoms with E-state index in [0.29, 0.717) is 11.6 Å². The molecule has 3 aromatic rings. The molecule has 3 heterocycles. The fourth-order valence-electron chi connectivity index (χ4n) is 1.66. The molecule has 0 radical (unpaired) electrons. The average molecular weight is 281 g/mol. The summed E-state index contributed by atoms with van der Waals surface area (Å²) in [6.45, 7) is 0. The van der Waals surface area contributed by atoms with Crippen LogP contribution in [0.15, 0.2) is 35.4 Å². The molecule has 0 aliphatic heterocycles. The summed E-state index contributed by atoms with van der Waals surface area (Å²) in [7, 11) is 0. The lowest BCUT2D eigenvalue weighted by Crippen LogP contribution is -2.20. The van der Waals surface area contributed by atoms with Crippen LogP contribution in [0.5, 0.6) is 0 Å². The van der Waals surface area contributed by atoms with Gasteiger partial charge in [-0.15, -0.1) is 0 Å². The number of H-pyrrole nitrogens is 1. The molecule has 20 heavy (non-hydrogen) atoms. The van der Waals surface area contributed by atoms with Gasteiger partial charge in [0.25, 0.3) is 11.3 Å². The molecule has 6 nitrogen and oxygen atoms in total. The smallest absolute Gasteiger partial charge is 0.271 e. The number of aromatic amines is 1. The van der Waals surface area contributed by atoms with E-state index in [9.17, 15) is 18.0 Å². The topological polar surface area (TPSA) is 75.9 Å². The Morgan fingerprint density at radius 2 is 2.05 bits per heavy atom. The Morgan fingerprint density at radius 1 is 1.25 bits per heavy atom. The number of pyridine rings is 1. The maximum Gasteiger partial charge on any atom is 0.433 e. The lowest BCUT2D eigenvalue weighted by atomic mass is 10.3. The van der Waals surface area contributed by atoms with E-state index in [4.69, 9.17) is 0 Å². The quantitative estimate of drug-likeness (QED) is 0.733. The standard InChI is InChI=1S/C11H6F3N5O/c12-11(13,14)7-4-8(20)19-10(16-7)17-9(18-19)6-2-1-3-15-5-6/h1-5H,(H,16,17,18). The predicted octanol–water partition coefficient (Wildman–Crippen LogP) is 1.50. The summed E-state index contributed by atoms with van der Waals surface area (Å²) in [6, 6.07) is 3.71. The molecule has 0 aliphatic carbocycles. The van der Waals surface area contributed by atoms with Crippen LogP contribution in [0.1, 0.15) is 5.69 Å². The summed E-state index contributed by atoms with van der Waals surface area (Å²) in [5.41, 5.74) is -1.62. The van der Waals surface area contributed by atoms with Gasteiger partial charge in [0.2, 0.25) is 0 Å². The highest BCUT2D eigenvalue weighted by Gasteiger charge is 2.33. The van der Waals surface area contributed by atoms with Gasteiger partial charge in [0.05, 0.1) is 0 Å². The second kappa shape index (κ2) is 4.15. The first-order chi connectivity index (χ1) is 9.45. The number of alkyl halides is 3. The number of fused-ring (bicyclic) bond motifs is 1. The van der Waals surface area contributed by atoms with Crippen molar-refractivity contribution in [2.75, 3.05) is 0 Å². The third-order valence-corrected chi connectivity index (χ3v) is 2.56. The van der Waals surface area contributed by atoms with Gasteiger partial charge >= 0.3 is 6.18 Å². The van der Waals surface area contributed by atoms with Gasteiger partial charge in [-0.1, -0.05) is 0 Å². The number of nitrogens with zero attached hydrogens (tertiary/aromatic N) is 4. The monoisotopic (exact) mass is 281 g/mol. The Morgan fingerprint density at radius 3 is 2.70 bits per heavy atom. The molecule has 0 aliphatic rings. The summed E-state index contributed by atoms with van der Waals surface area (Å²) >= 11 is 0. The van der Waals surface area contributed by atoms with Crippen molar-refractivity contribution in [3.63, 3.8) is 0 Å². The normalized spacial score (nSPS) is 11.9. The molecule has 0 atom stereocenters. The maximum atomic E-state index is 12.6. The fourth-order valence-corrected chi connectivity index (χ4v) is 1.66.